The molecular weight excluding hydrogens is 254 g/mol. The Kier molecular flexibility index (Phi) is 5.16. The first-order chi connectivity index (χ1) is 8.49. The van der Waals surface area contributed by atoms with E-state index in [2.05, 4.69) is 5.32 Å². The quantitative estimate of drug-likeness (QED) is 0.861. The van der Waals surface area contributed by atoms with Gasteiger partial charge in [-0.2, -0.15) is 0 Å². The predicted octanol–water partition coefficient (Wildman–Crippen LogP) is 3.41. The van der Waals surface area contributed by atoms with Crippen molar-refractivity contribution >= 4 is 29.2 Å². The number of hydrogen-bond acceptors (Lipinski definition) is 2. The molecule has 0 aromatic heterocycles. The molecule has 1 aromatic carbocycles. The number of anilines is 1. The van der Waals surface area contributed by atoms with Crippen molar-refractivity contribution in [2.45, 2.75) is 26.7 Å². The Balaban J connectivity index is 2.89. The molecule has 98 valence electrons. The number of carboxylic acids is 1. The third-order valence-corrected chi connectivity index (χ3v) is 3.15. The summed E-state index contributed by atoms with van der Waals surface area (Å²) in [6.45, 7) is 3.89. The van der Waals surface area contributed by atoms with Crippen molar-refractivity contribution in [3.63, 3.8) is 0 Å². The Morgan fingerprint density at radius 2 is 1.94 bits per heavy atom. The van der Waals surface area contributed by atoms with E-state index < -0.39 is 5.97 Å². The van der Waals surface area contributed by atoms with Crippen LogP contribution in [0.5, 0.6) is 0 Å². The zero-order valence-corrected chi connectivity index (χ0v) is 11.1. The number of carbonyl (C=O) groups excluding carboxylic acids is 1. The normalized spacial score (nSPS) is 10.4. The molecular formula is C13H16ClNO3. The monoisotopic (exact) mass is 269 g/mol. The van der Waals surface area contributed by atoms with Crippen molar-refractivity contribution in [1.29, 1.82) is 0 Å². The summed E-state index contributed by atoms with van der Waals surface area (Å²) in [6.07, 6.45) is 1.50. The minimum Gasteiger partial charge on any atom is -0.478 e. The van der Waals surface area contributed by atoms with E-state index in [4.69, 9.17) is 16.7 Å². The van der Waals surface area contributed by atoms with Gasteiger partial charge in [0.1, 0.15) is 0 Å². The Morgan fingerprint density at radius 3 is 2.44 bits per heavy atom. The summed E-state index contributed by atoms with van der Waals surface area (Å²) in [5, 5.41) is 11.8. The molecule has 0 aliphatic heterocycles. The fourth-order valence-electron chi connectivity index (χ4n) is 1.67. The van der Waals surface area contributed by atoms with Gasteiger partial charge in [0.25, 0.3) is 0 Å². The Labute approximate surface area is 111 Å². The molecule has 4 nitrogen and oxygen atoms in total. The zero-order chi connectivity index (χ0) is 13.7. The number of aromatic carboxylic acids is 1. The number of amides is 1. The van der Waals surface area contributed by atoms with Crippen LogP contribution in [0.1, 0.15) is 37.0 Å². The van der Waals surface area contributed by atoms with Crippen LogP contribution in [0.2, 0.25) is 5.02 Å². The van der Waals surface area contributed by atoms with Crippen molar-refractivity contribution in [3.05, 3.63) is 28.8 Å². The molecule has 1 aromatic rings. The van der Waals surface area contributed by atoms with Gasteiger partial charge < -0.3 is 10.4 Å². The summed E-state index contributed by atoms with van der Waals surface area (Å²) >= 11 is 5.75. The van der Waals surface area contributed by atoms with Gasteiger partial charge in [-0.25, -0.2) is 4.79 Å². The number of benzene rings is 1. The molecule has 1 amide bonds. The van der Waals surface area contributed by atoms with Crippen molar-refractivity contribution in [2.24, 2.45) is 5.92 Å². The third kappa shape index (κ3) is 3.47. The van der Waals surface area contributed by atoms with Gasteiger partial charge in [0.15, 0.2) is 0 Å². The van der Waals surface area contributed by atoms with Gasteiger partial charge >= 0.3 is 5.97 Å². The van der Waals surface area contributed by atoms with E-state index in [1.165, 1.54) is 12.1 Å². The molecule has 0 unspecified atom stereocenters. The average molecular weight is 270 g/mol. The molecule has 0 heterocycles. The minimum absolute atomic E-state index is 0.0148. The van der Waals surface area contributed by atoms with Crippen LogP contribution in [-0.2, 0) is 4.79 Å². The topological polar surface area (TPSA) is 66.4 Å². The molecule has 2 N–H and O–H groups in total. The van der Waals surface area contributed by atoms with Gasteiger partial charge in [-0.05, 0) is 31.0 Å². The van der Waals surface area contributed by atoms with Crippen molar-refractivity contribution in [3.8, 4) is 0 Å². The lowest BCUT2D eigenvalue weighted by molar-refractivity contribution is -0.120. The van der Waals surface area contributed by atoms with Crippen molar-refractivity contribution in [1.82, 2.24) is 0 Å². The average Bonchev–Trinajstić information content (AvgIpc) is 2.32. The van der Waals surface area contributed by atoms with Gasteiger partial charge in [0.2, 0.25) is 5.91 Å². The van der Waals surface area contributed by atoms with E-state index in [0.29, 0.717) is 5.69 Å². The fourth-order valence-corrected chi connectivity index (χ4v) is 1.87. The summed E-state index contributed by atoms with van der Waals surface area (Å²) in [5.74, 6) is -1.27. The summed E-state index contributed by atoms with van der Waals surface area (Å²) in [7, 11) is 0. The Morgan fingerprint density at radius 1 is 1.33 bits per heavy atom. The second-order valence-corrected chi connectivity index (χ2v) is 4.41. The minimum atomic E-state index is -1.11. The first kappa shape index (κ1) is 14.5. The van der Waals surface area contributed by atoms with Crippen LogP contribution in [0.4, 0.5) is 5.69 Å². The number of rotatable bonds is 5. The van der Waals surface area contributed by atoms with Crippen molar-refractivity contribution < 1.29 is 14.7 Å². The maximum atomic E-state index is 11.8. The van der Waals surface area contributed by atoms with Crippen LogP contribution in [0.15, 0.2) is 18.2 Å². The number of carbonyl (C=O) groups is 2. The van der Waals surface area contributed by atoms with Crippen molar-refractivity contribution in [2.75, 3.05) is 5.32 Å². The number of halogens is 1. The van der Waals surface area contributed by atoms with Gasteiger partial charge in [0, 0.05) is 11.6 Å². The molecule has 1 rings (SSSR count). The van der Waals surface area contributed by atoms with Crippen LogP contribution in [0.25, 0.3) is 0 Å². The van der Waals surface area contributed by atoms with E-state index in [0.717, 1.165) is 12.8 Å². The predicted molar refractivity (Wildman–Crippen MR) is 71.1 cm³/mol. The molecule has 0 fully saturated rings. The second-order valence-electron chi connectivity index (χ2n) is 4.00. The standard InChI is InChI=1S/C13H16ClNO3/c1-3-8(4-2)12(16)15-9-5-6-11(14)10(7-9)13(17)18/h5-8H,3-4H2,1-2H3,(H,15,16)(H,17,18). The third-order valence-electron chi connectivity index (χ3n) is 2.82. The zero-order valence-electron chi connectivity index (χ0n) is 10.4. The van der Waals surface area contributed by atoms with Crippen LogP contribution in [0, 0.1) is 5.92 Å². The summed E-state index contributed by atoms with van der Waals surface area (Å²) < 4.78 is 0. The maximum Gasteiger partial charge on any atom is 0.337 e. The lowest BCUT2D eigenvalue weighted by Gasteiger charge is -2.13. The van der Waals surface area contributed by atoms with E-state index in [9.17, 15) is 9.59 Å². The van der Waals surface area contributed by atoms with Gasteiger partial charge in [-0.15, -0.1) is 0 Å². The fraction of sp³-hybridized carbons (Fsp3) is 0.385. The highest BCUT2D eigenvalue weighted by atomic mass is 35.5. The largest absolute Gasteiger partial charge is 0.478 e. The van der Waals surface area contributed by atoms with Gasteiger partial charge in [-0.1, -0.05) is 25.4 Å². The molecule has 0 aliphatic rings. The van der Waals surface area contributed by atoms with E-state index >= 15 is 0 Å². The molecule has 0 spiro atoms. The molecule has 0 radical (unpaired) electrons. The maximum absolute atomic E-state index is 11.8. The molecule has 0 atom stereocenters. The van der Waals surface area contributed by atoms with E-state index in [1.54, 1.807) is 6.07 Å². The van der Waals surface area contributed by atoms with E-state index in [1.807, 2.05) is 13.8 Å². The Hall–Kier alpha value is -1.55. The van der Waals surface area contributed by atoms with Gasteiger partial charge in [-0.3, -0.25) is 4.79 Å². The summed E-state index contributed by atoms with van der Waals surface area (Å²) in [4.78, 5) is 22.8. The van der Waals surface area contributed by atoms with Crippen LogP contribution in [-0.4, -0.2) is 17.0 Å². The second kappa shape index (κ2) is 6.40. The highest BCUT2D eigenvalue weighted by Gasteiger charge is 2.15. The number of carboxylic acid groups (broad SMARTS) is 1. The SMILES string of the molecule is CCC(CC)C(=O)Nc1ccc(Cl)c(C(=O)O)c1. The first-order valence-corrected chi connectivity index (χ1v) is 6.21. The Bertz CT molecular complexity index is 456. The highest BCUT2D eigenvalue weighted by molar-refractivity contribution is 6.33. The van der Waals surface area contributed by atoms with Gasteiger partial charge in [0.05, 0.1) is 10.6 Å². The first-order valence-electron chi connectivity index (χ1n) is 5.83. The summed E-state index contributed by atoms with van der Waals surface area (Å²) in [6, 6.07) is 4.42. The molecule has 5 heteroatoms. The molecule has 0 bridgehead atoms. The van der Waals surface area contributed by atoms with E-state index in [-0.39, 0.29) is 22.4 Å². The number of nitrogens with one attached hydrogen (secondary N) is 1. The molecule has 0 saturated heterocycles. The number of hydrogen-bond donors (Lipinski definition) is 2. The smallest absolute Gasteiger partial charge is 0.337 e. The molecule has 0 saturated carbocycles. The molecule has 18 heavy (non-hydrogen) atoms. The van der Waals surface area contributed by atoms with Crippen LogP contribution < -0.4 is 5.32 Å². The summed E-state index contributed by atoms with van der Waals surface area (Å²) in [5.41, 5.74) is 0.438. The lowest BCUT2D eigenvalue weighted by atomic mass is 10.0. The van der Waals surface area contributed by atoms with Crippen LogP contribution >= 0.6 is 11.6 Å². The lowest BCUT2D eigenvalue weighted by Crippen LogP contribution is -2.21. The highest BCUT2D eigenvalue weighted by Crippen LogP contribution is 2.21. The molecule has 0 aliphatic carbocycles. The van der Waals surface area contributed by atoms with Crippen LogP contribution in [0.3, 0.4) is 0 Å².